The quantitative estimate of drug-likeness (QED) is 0.307. The summed E-state index contributed by atoms with van der Waals surface area (Å²) in [7, 11) is 0. The van der Waals surface area contributed by atoms with Crippen molar-refractivity contribution in [2.24, 2.45) is 17.6 Å². The molecule has 6 aliphatic rings. The minimum atomic E-state index is -0.298. The van der Waals surface area contributed by atoms with E-state index < -0.39 is 0 Å². The lowest BCUT2D eigenvalue weighted by atomic mass is 9.63. The van der Waals surface area contributed by atoms with E-state index >= 15 is 0 Å². The largest absolute Gasteiger partial charge is 0.326 e. The van der Waals surface area contributed by atoms with Crippen LogP contribution in [0.5, 0.6) is 0 Å². The predicted molar refractivity (Wildman–Crippen MR) is 197 cm³/mol. The maximum atomic E-state index is 6.25. The number of hydrogen-bond acceptors (Lipinski definition) is 1. The lowest BCUT2D eigenvalue weighted by molar-refractivity contribution is 0.606. The molecule has 0 radical (unpaired) electrons. The van der Waals surface area contributed by atoms with Crippen LogP contribution in [0.1, 0.15) is 60.8 Å². The summed E-state index contributed by atoms with van der Waals surface area (Å²) in [5.74, 6) is 0.977. The van der Waals surface area contributed by atoms with E-state index in [-0.39, 0.29) is 5.41 Å². The molecule has 1 heteroatoms. The van der Waals surface area contributed by atoms with Gasteiger partial charge in [0.25, 0.3) is 0 Å². The van der Waals surface area contributed by atoms with E-state index in [1.54, 1.807) is 0 Å². The fraction of sp³-hybridized carbons (Fsp3) is 0.217. The minimum absolute atomic E-state index is 0.298. The van der Waals surface area contributed by atoms with Crippen molar-refractivity contribution in [2.45, 2.75) is 43.9 Å². The van der Waals surface area contributed by atoms with Gasteiger partial charge in [0.2, 0.25) is 0 Å². The summed E-state index contributed by atoms with van der Waals surface area (Å²) in [5.41, 5.74) is 23.7. The Morgan fingerprint density at radius 2 is 1.57 bits per heavy atom. The van der Waals surface area contributed by atoms with Gasteiger partial charge < -0.3 is 5.73 Å². The van der Waals surface area contributed by atoms with Crippen molar-refractivity contribution >= 4 is 11.1 Å². The Bertz CT molecular complexity index is 2050. The van der Waals surface area contributed by atoms with Crippen LogP contribution in [0.25, 0.3) is 22.3 Å². The van der Waals surface area contributed by atoms with Crippen molar-refractivity contribution in [3.63, 3.8) is 0 Å². The molecule has 47 heavy (non-hydrogen) atoms. The fourth-order valence-corrected chi connectivity index (χ4v) is 9.16. The number of nitrogens with two attached hydrogens (primary N) is 1. The van der Waals surface area contributed by atoms with E-state index in [0.717, 1.165) is 19.3 Å². The minimum Gasteiger partial charge on any atom is -0.326 e. The first-order chi connectivity index (χ1) is 23.3. The topological polar surface area (TPSA) is 26.0 Å². The Labute approximate surface area is 279 Å². The second kappa shape index (κ2) is 11.5. The Balaban J connectivity index is 1.12. The van der Waals surface area contributed by atoms with Crippen LogP contribution in [-0.2, 0) is 5.41 Å². The normalized spacial score (nSPS) is 25.5. The van der Waals surface area contributed by atoms with Gasteiger partial charge in [-0.05, 0) is 105 Å². The molecule has 0 bridgehead atoms. The first-order valence-electron chi connectivity index (χ1n) is 17.6. The Kier molecular flexibility index (Phi) is 6.98. The van der Waals surface area contributed by atoms with Crippen LogP contribution < -0.4 is 5.73 Å². The highest BCUT2D eigenvalue weighted by molar-refractivity contribution is 5.96. The van der Waals surface area contributed by atoms with Gasteiger partial charge in [-0.25, -0.2) is 0 Å². The van der Waals surface area contributed by atoms with Gasteiger partial charge in [0.15, 0.2) is 0 Å². The maximum absolute atomic E-state index is 6.25. The molecule has 3 aromatic rings. The summed E-state index contributed by atoms with van der Waals surface area (Å²) >= 11 is 0. The summed E-state index contributed by atoms with van der Waals surface area (Å²) in [6.07, 6.45) is 33.0. The van der Waals surface area contributed by atoms with Crippen LogP contribution in [0.2, 0.25) is 0 Å². The average Bonchev–Trinajstić information content (AvgIpc) is 3.46. The van der Waals surface area contributed by atoms with Crippen LogP contribution in [0.3, 0.4) is 0 Å². The van der Waals surface area contributed by atoms with Crippen LogP contribution in [0, 0.1) is 11.8 Å². The van der Waals surface area contributed by atoms with E-state index in [9.17, 15) is 0 Å². The summed E-state index contributed by atoms with van der Waals surface area (Å²) in [5, 5.41) is 0. The van der Waals surface area contributed by atoms with E-state index in [1.165, 1.54) is 91.7 Å². The van der Waals surface area contributed by atoms with Crippen molar-refractivity contribution in [3.8, 4) is 11.1 Å². The van der Waals surface area contributed by atoms with Gasteiger partial charge in [0.05, 0.1) is 5.41 Å². The molecule has 2 N–H and O–H groups in total. The van der Waals surface area contributed by atoms with Crippen LogP contribution in [0.4, 0.5) is 0 Å². The van der Waals surface area contributed by atoms with Gasteiger partial charge >= 0.3 is 0 Å². The molecule has 0 saturated heterocycles. The molecule has 6 aliphatic carbocycles. The van der Waals surface area contributed by atoms with Crippen molar-refractivity contribution in [1.29, 1.82) is 0 Å². The van der Waals surface area contributed by atoms with Crippen molar-refractivity contribution < 1.29 is 0 Å². The third-order valence-electron chi connectivity index (χ3n) is 11.4. The van der Waals surface area contributed by atoms with Gasteiger partial charge in [0.1, 0.15) is 0 Å². The maximum Gasteiger partial charge on any atom is 0.0676 e. The molecule has 0 spiro atoms. The summed E-state index contributed by atoms with van der Waals surface area (Å²) in [4.78, 5) is 0. The Hall–Kier alpha value is -4.72. The molecule has 0 saturated carbocycles. The van der Waals surface area contributed by atoms with Gasteiger partial charge in [-0.2, -0.15) is 0 Å². The predicted octanol–water partition coefficient (Wildman–Crippen LogP) is 10.8. The third-order valence-corrected chi connectivity index (χ3v) is 11.4. The van der Waals surface area contributed by atoms with Gasteiger partial charge in [-0.1, -0.05) is 145 Å². The molecule has 0 aromatic heterocycles. The Morgan fingerprint density at radius 1 is 0.787 bits per heavy atom. The molecule has 9 rings (SSSR count). The van der Waals surface area contributed by atoms with Gasteiger partial charge in [-0.15, -0.1) is 0 Å². The summed E-state index contributed by atoms with van der Waals surface area (Å²) in [6.45, 7) is 0.568. The molecule has 3 aromatic carbocycles. The average molecular weight is 608 g/mol. The number of allylic oxidation sites excluding steroid dienone is 16. The second-order valence-electron chi connectivity index (χ2n) is 13.8. The molecule has 3 atom stereocenters. The van der Waals surface area contributed by atoms with E-state index in [2.05, 4.69) is 140 Å². The molecule has 0 aliphatic heterocycles. The number of rotatable bonds is 5. The number of hydrogen-bond donors (Lipinski definition) is 1. The number of fused-ring (bicyclic) bond motifs is 5. The highest BCUT2D eigenvalue weighted by atomic mass is 14.5. The Morgan fingerprint density at radius 3 is 2.38 bits per heavy atom. The highest BCUT2D eigenvalue weighted by Gasteiger charge is 2.49. The van der Waals surface area contributed by atoms with E-state index in [1.807, 2.05) is 0 Å². The van der Waals surface area contributed by atoms with E-state index in [0.29, 0.717) is 18.4 Å². The SMILES string of the molecule is NCC1=CC2=CCCCC2C=C1c1ccc(-c2ccc(C3(C4=CC=CCC4)C4=C(C5=CC=CCC5C=C4)c4ccccc43)cc2)cc1. The summed E-state index contributed by atoms with van der Waals surface area (Å²) < 4.78 is 0. The third kappa shape index (κ3) is 4.48. The summed E-state index contributed by atoms with van der Waals surface area (Å²) in [6, 6.07) is 27.8. The molecule has 1 nitrogen and oxygen atoms in total. The first kappa shape index (κ1) is 28.5. The monoisotopic (exact) mass is 607 g/mol. The molecule has 0 fully saturated rings. The zero-order valence-corrected chi connectivity index (χ0v) is 27.0. The van der Waals surface area contributed by atoms with Gasteiger partial charge in [0, 0.05) is 18.4 Å². The fourth-order valence-electron chi connectivity index (χ4n) is 9.16. The lowest BCUT2D eigenvalue weighted by Gasteiger charge is -2.38. The zero-order valence-electron chi connectivity index (χ0n) is 27.0. The smallest absolute Gasteiger partial charge is 0.0676 e. The van der Waals surface area contributed by atoms with Crippen LogP contribution >= 0.6 is 0 Å². The standard InChI is InChI=1S/C46H41N/c47-30-37-28-35-11-4-5-12-36(35)29-42(37)34-20-18-31(19-21-34)32-22-25-39(26-23-32)46(38-13-2-1-3-14-38)43-17-9-8-16-41(43)45-40-15-7-6-10-33(40)24-27-44(45)46/h1-2,6-9,11,13,15-29,33,36H,3-5,10,12,14,30,47H2. The van der Waals surface area contributed by atoms with Crippen molar-refractivity contribution in [1.82, 2.24) is 0 Å². The van der Waals surface area contributed by atoms with Crippen molar-refractivity contribution in [2.75, 3.05) is 6.54 Å². The molecule has 0 heterocycles. The van der Waals surface area contributed by atoms with Gasteiger partial charge in [-0.3, -0.25) is 0 Å². The van der Waals surface area contributed by atoms with Crippen molar-refractivity contribution in [3.05, 3.63) is 190 Å². The second-order valence-corrected chi connectivity index (χ2v) is 13.8. The molecule has 3 unspecified atom stereocenters. The first-order valence-corrected chi connectivity index (χ1v) is 17.6. The van der Waals surface area contributed by atoms with E-state index in [4.69, 9.17) is 5.73 Å². The molecular formula is C46H41N. The lowest BCUT2D eigenvalue weighted by Crippen LogP contribution is -2.31. The number of benzene rings is 3. The molecule has 230 valence electrons. The zero-order chi connectivity index (χ0) is 31.4. The van der Waals surface area contributed by atoms with Crippen LogP contribution in [0.15, 0.2) is 167 Å². The molecular weight excluding hydrogens is 567 g/mol. The molecule has 0 amide bonds. The highest BCUT2D eigenvalue weighted by Crippen LogP contribution is 2.60. The van der Waals surface area contributed by atoms with Crippen LogP contribution in [-0.4, -0.2) is 6.54 Å².